The number of unbranched alkanes of at least 4 members (excludes halogenated alkanes) is 19. The van der Waals surface area contributed by atoms with Crippen LogP contribution in [0.3, 0.4) is 0 Å². The molecule has 1 aliphatic heterocycles. The van der Waals surface area contributed by atoms with E-state index in [1.807, 2.05) is 12.2 Å². The Kier molecular flexibility index (Phi) is 54.2. The number of rotatable bonds is 55. The van der Waals surface area contributed by atoms with Gasteiger partial charge in [-0.05, 0) is 128 Å². The van der Waals surface area contributed by atoms with E-state index in [0.29, 0.717) is 25.7 Å². The van der Waals surface area contributed by atoms with Crippen LogP contribution in [0.25, 0.3) is 0 Å². The van der Waals surface area contributed by atoms with Crippen LogP contribution in [0.15, 0.2) is 134 Å². The third-order valence-electron chi connectivity index (χ3n) is 14.2. The lowest BCUT2D eigenvalue weighted by Crippen LogP contribution is -2.61. The molecule has 0 aromatic rings. The summed E-state index contributed by atoms with van der Waals surface area (Å²) >= 11 is 0. The summed E-state index contributed by atoms with van der Waals surface area (Å²) < 4.78 is 28.5. The Morgan fingerprint density at radius 2 is 0.753 bits per heavy atom. The highest BCUT2D eigenvalue weighted by Gasteiger charge is 2.50. The summed E-state index contributed by atoms with van der Waals surface area (Å²) in [6, 6.07) is 0. The third-order valence-corrected chi connectivity index (χ3v) is 14.2. The van der Waals surface area contributed by atoms with E-state index in [4.69, 9.17) is 23.7 Å². The monoisotopic (exact) mass is 1180 g/mol. The summed E-state index contributed by atoms with van der Waals surface area (Å²) in [6.07, 6.45) is 71.2. The lowest BCUT2D eigenvalue weighted by Gasteiger charge is -2.40. The van der Waals surface area contributed by atoms with Crippen molar-refractivity contribution >= 4 is 23.9 Å². The number of carbonyl (C=O) groups excluding carboxylic acids is 3. The Balaban J connectivity index is 2.71. The minimum atomic E-state index is -1.93. The number of carbonyl (C=O) groups is 4. The second-order valence-corrected chi connectivity index (χ2v) is 22.0. The van der Waals surface area contributed by atoms with Gasteiger partial charge in [0.1, 0.15) is 18.8 Å². The molecular weight excluding hydrogens is 1070 g/mol. The molecule has 1 aliphatic rings. The van der Waals surface area contributed by atoms with Crippen molar-refractivity contribution in [2.24, 2.45) is 0 Å². The number of esters is 3. The molecule has 1 heterocycles. The summed E-state index contributed by atoms with van der Waals surface area (Å²) in [6.45, 7) is 5.72. The first-order valence-electron chi connectivity index (χ1n) is 33.2. The highest BCUT2D eigenvalue weighted by atomic mass is 16.7. The van der Waals surface area contributed by atoms with Gasteiger partial charge in [-0.2, -0.15) is 0 Å². The van der Waals surface area contributed by atoms with Crippen molar-refractivity contribution in [1.29, 1.82) is 0 Å². The van der Waals surface area contributed by atoms with Gasteiger partial charge in [0.2, 0.25) is 0 Å². The lowest BCUT2D eigenvalue weighted by molar-refractivity contribution is -0.301. The molecule has 0 radical (unpaired) electrons. The number of aliphatic hydroxyl groups excluding tert-OH is 2. The Bertz CT molecular complexity index is 1990. The topological polar surface area (TPSA) is 175 Å². The predicted molar refractivity (Wildman–Crippen MR) is 349 cm³/mol. The van der Waals surface area contributed by atoms with E-state index in [1.165, 1.54) is 51.4 Å². The van der Waals surface area contributed by atoms with Gasteiger partial charge in [-0.25, -0.2) is 4.79 Å². The molecule has 0 aromatic heterocycles. The number of carboxylic acid groups (broad SMARTS) is 1. The van der Waals surface area contributed by atoms with Gasteiger partial charge >= 0.3 is 23.9 Å². The highest BCUT2D eigenvalue weighted by Crippen LogP contribution is 2.26. The van der Waals surface area contributed by atoms with Crippen LogP contribution in [-0.4, -0.2) is 89.2 Å². The molecule has 85 heavy (non-hydrogen) atoms. The second-order valence-electron chi connectivity index (χ2n) is 22.0. The maximum Gasteiger partial charge on any atom is 0.335 e. The van der Waals surface area contributed by atoms with Crippen LogP contribution in [0.2, 0.25) is 0 Å². The van der Waals surface area contributed by atoms with E-state index in [-0.39, 0.29) is 25.9 Å². The molecule has 0 saturated carbocycles. The van der Waals surface area contributed by atoms with Gasteiger partial charge < -0.3 is 39.0 Å². The first kappa shape index (κ1) is 77.9. The molecule has 1 fully saturated rings. The molecule has 6 unspecified atom stereocenters. The first-order chi connectivity index (χ1) is 41.6. The number of carboxylic acids is 1. The quantitative estimate of drug-likeness (QED) is 0.0228. The first-order valence-corrected chi connectivity index (χ1v) is 33.2. The van der Waals surface area contributed by atoms with Crippen LogP contribution in [0, 0.1) is 0 Å². The zero-order chi connectivity index (χ0) is 61.7. The lowest BCUT2D eigenvalue weighted by atomic mass is 9.98. The Labute approximate surface area is 515 Å². The summed E-state index contributed by atoms with van der Waals surface area (Å²) in [5, 5.41) is 31.6. The predicted octanol–water partition coefficient (Wildman–Crippen LogP) is 18.1. The van der Waals surface area contributed by atoms with Gasteiger partial charge in [0.15, 0.2) is 24.6 Å². The Morgan fingerprint density at radius 1 is 0.400 bits per heavy atom. The molecule has 12 nitrogen and oxygen atoms in total. The third kappa shape index (κ3) is 48.6. The maximum absolute atomic E-state index is 13.2. The van der Waals surface area contributed by atoms with Crippen molar-refractivity contribution in [1.82, 2.24) is 0 Å². The largest absolute Gasteiger partial charge is 0.479 e. The van der Waals surface area contributed by atoms with Gasteiger partial charge in [0.05, 0.1) is 6.61 Å². The highest BCUT2D eigenvalue weighted by molar-refractivity contribution is 5.74. The van der Waals surface area contributed by atoms with Crippen LogP contribution < -0.4 is 0 Å². The van der Waals surface area contributed by atoms with Gasteiger partial charge in [0, 0.05) is 19.3 Å². The minimum absolute atomic E-state index is 0.0263. The van der Waals surface area contributed by atoms with E-state index in [9.17, 15) is 34.5 Å². The molecule has 0 aromatic carbocycles. The summed E-state index contributed by atoms with van der Waals surface area (Å²) in [5.41, 5.74) is 0. The van der Waals surface area contributed by atoms with E-state index in [0.717, 1.165) is 135 Å². The standard InChI is InChI=1S/C73H116O12/c1-4-7-10-13-16-19-22-25-28-31-33-36-38-41-44-47-50-53-56-59-65(74)81-62-64(83-66(75)60-57-54-51-48-45-42-40-37-34-32-29-26-23-20-17-14-11-8-5-2)63-82-73-71(69(78)68(77)70(85-73)72(79)80)84-67(76)61-58-55-52-49-46-43-39-35-30-27-24-21-18-15-12-9-6-3/h7,9-10,12,16-21,25-30,33,36,39,43,49,52,64,68-71,73,77-78H,4-6,8,11,13-15,22-24,31-32,34-35,37-38,40-42,44-48,50-51,53-63H2,1-3H3,(H,79,80)/b10-7-,12-9-,19-16-,20-17-,21-18-,28-25-,29-26-,30-27-,36-33-,43-39-,52-49-. The van der Waals surface area contributed by atoms with Crippen molar-refractivity contribution in [2.45, 2.75) is 289 Å². The molecule has 1 rings (SSSR count). The smallest absolute Gasteiger partial charge is 0.335 e. The number of aliphatic carboxylic acids is 1. The fraction of sp³-hybridized carbons (Fsp3) is 0.644. The van der Waals surface area contributed by atoms with Crippen LogP contribution in [-0.2, 0) is 42.9 Å². The molecule has 3 N–H and O–H groups in total. The zero-order valence-corrected chi connectivity index (χ0v) is 53.1. The van der Waals surface area contributed by atoms with Gasteiger partial charge in [-0.1, -0.05) is 238 Å². The summed E-state index contributed by atoms with van der Waals surface area (Å²) in [4.78, 5) is 51.4. The van der Waals surface area contributed by atoms with Crippen molar-refractivity contribution in [3.8, 4) is 0 Å². The van der Waals surface area contributed by atoms with Gasteiger partial charge in [0.25, 0.3) is 0 Å². The zero-order valence-electron chi connectivity index (χ0n) is 53.1. The van der Waals surface area contributed by atoms with Crippen LogP contribution in [0.5, 0.6) is 0 Å². The normalized spacial score (nSPS) is 18.3. The molecule has 480 valence electrons. The molecule has 0 bridgehead atoms. The molecule has 1 saturated heterocycles. The minimum Gasteiger partial charge on any atom is -0.479 e. The van der Waals surface area contributed by atoms with Crippen molar-refractivity contribution in [2.75, 3.05) is 13.2 Å². The van der Waals surface area contributed by atoms with E-state index >= 15 is 0 Å². The maximum atomic E-state index is 13.2. The SMILES string of the molecule is CC/C=C\C/C=C\C/C=C\C/C=C\C/C=C\CCCC(=O)OC1C(OCC(COC(=O)CCCCCCCC/C=C\C/C=C\C/C=C\C/C=C\CC)OC(=O)CCCCCCCCCCC/C=C\C/C=C\CCCCC)OC(C(=O)O)C(O)C1O. The molecule has 6 atom stereocenters. The number of hydrogen-bond acceptors (Lipinski definition) is 11. The van der Waals surface area contributed by atoms with Crippen LogP contribution in [0.4, 0.5) is 0 Å². The number of ether oxygens (including phenoxy) is 5. The number of allylic oxidation sites excluding steroid dienone is 22. The second kappa shape index (κ2) is 59.2. The summed E-state index contributed by atoms with van der Waals surface area (Å²) in [7, 11) is 0. The average Bonchev–Trinajstić information content (AvgIpc) is 2.83. The van der Waals surface area contributed by atoms with E-state index < -0.39 is 67.3 Å². The molecule has 12 heteroatoms. The molecule has 0 amide bonds. The van der Waals surface area contributed by atoms with Gasteiger partial charge in [-0.15, -0.1) is 0 Å². The number of hydrogen-bond donors (Lipinski definition) is 3. The fourth-order valence-corrected chi connectivity index (χ4v) is 9.19. The Morgan fingerprint density at radius 3 is 1.16 bits per heavy atom. The van der Waals surface area contributed by atoms with E-state index in [2.05, 4.69) is 142 Å². The van der Waals surface area contributed by atoms with Crippen LogP contribution >= 0.6 is 0 Å². The fourth-order valence-electron chi connectivity index (χ4n) is 9.19. The molecule has 0 aliphatic carbocycles. The van der Waals surface area contributed by atoms with Crippen LogP contribution in [0.1, 0.15) is 252 Å². The van der Waals surface area contributed by atoms with Crippen molar-refractivity contribution in [3.63, 3.8) is 0 Å². The number of aliphatic hydroxyl groups is 2. The molecule has 0 spiro atoms. The molecular formula is C73H116O12. The Hall–Kier alpha value is -5.14. The van der Waals surface area contributed by atoms with Crippen molar-refractivity contribution < 1.29 is 58.2 Å². The average molecular weight is 1190 g/mol. The van der Waals surface area contributed by atoms with Gasteiger partial charge in [-0.3, -0.25) is 14.4 Å². The van der Waals surface area contributed by atoms with E-state index in [1.54, 1.807) is 0 Å². The van der Waals surface area contributed by atoms with Crippen molar-refractivity contribution in [3.05, 3.63) is 134 Å². The summed E-state index contributed by atoms with van der Waals surface area (Å²) in [5.74, 6) is -3.23.